The number of carbonyl (C=O) groups excluding carboxylic acids is 1. The number of halogens is 4. The van der Waals surface area contributed by atoms with Crippen LogP contribution in [0.4, 0.5) is 23.7 Å². The molecule has 2 amide bonds. The molecular weight excluding hydrogens is 371 g/mol. The van der Waals surface area contributed by atoms with E-state index in [1.165, 1.54) is 6.07 Å². The number of nitrogens with zero attached hydrogens (tertiary/aromatic N) is 2. The van der Waals surface area contributed by atoms with Gasteiger partial charge in [0, 0.05) is 45.0 Å². The fraction of sp³-hybridized carbons (Fsp3) is 0.588. The van der Waals surface area contributed by atoms with Gasteiger partial charge in [0.25, 0.3) is 0 Å². The number of urea groups is 1. The lowest BCUT2D eigenvalue weighted by Gasteiger charge is -2.35. The molecule has 0 aromatic heterocycles. The van der Waals surface area contributed by atoms with E-state index in [1.807, 2.05) is 0 Å². The number of rotatable bonds is 3. The Morgan fingerprint density at radius 3 is 2.62 bits per heavy atom. The summed E-state index contributed by atoms with van der Waals surface area (Å²) >= 11 is 5.59. The van der Waals surface area contributed by atoms with Gasteiger partial charge < -0.3 is 15.0 Å². The van der Waals surface area contributed by atoms with Crippen molar-refractivity contribution < 1.29 is 22.7 Å². The summed E-state index contributed by atoms with van der Waals surface area (Å²) in [5, 5.41) is 2.13. The van der Waals surface area contributed by atoms with Gasteiger partial charge in [0.1, 0.15) is 0 Å². The van der Waals surface area contributed by atoms with Crippen LogP contribution >= 0.6 is 11.6 Å². The zero-order chi connectivity index (χ0) is 18.7. The van der Waals surface area contributed by atoms with Crippen LogP contribution in [0.5, 0.6) is 0 Å². The molecule has 2 saturated heterocycles. The predicted molar refractivity (Wildman–Crippen MR) is 92.5 cm³/mol. The second-order valence-corrected chi connectivity index (χ2v) is 6.95. The number of ether oxygens (including phenoxy) is 1. The van der Waals surface area contributed by atoms with Crippen molar-refractivity contribution in [2.45, 2.75) is 25.1 Å². The summed E-state index contributed by atoms with van der Waals surface area (Å²) in [5.41, 5.74) is -0.883. The average Bonchev–Trinajstić information content (AvgIpc) is 3.09. The number of alkyl halides is 3. The minimum atomic E-state index is -4.56. The van der Waals surface area contributed by atoms with Gasteiger partial charge in [-0.25, -0.2) is 4.79 Å². The molecule has 9 heteroatoms. The predicted octanol–water partition coefficient (Wildman–Crippen LogP) is 3.69. The minimum absolute atomic E-state index is 0.0773. The molecule has 1 atom stereocenters. The maximum atomic E-state index is 12.9. The monoisotopic (exact) mass is 391 g/mol. The first-order valence-corrected chi connectivity index (χ1v) is 8.97. The van der Waals surface area contributed by atoms with Crippen molar-refractivity contribution in [2.24, 2.45) is 0 Å². The number of amides is 2. The molecule has 26 heavy (non-hydrogen) atoms. The summed E-state index contributed by atoms with van der Waals surface area (Å²) in [7, 11) is 0. The van der Waals surface area contributed by atoms with E-state index in [1.54, 1.807) is 4.90 Å². The first kappa shape index (κ1) is 19.3. The highest BCUT2D eigenvalue weighted by Gasteiger charge is 2.33. The molecule has 2 aliphatic heterocycles. The van der Waals surface area contributed by atoms with Crippen LogP contribution in [0.15, 0.2) is 18.2 Å². The summed E-state index contributed by atoms with van der Waals surface area (Å²) in [6, 6.07) is 2.95. The molecule has 1 aromatic rings. The van der Waals surface area contributed by atoms with E-state index in [9.17, 15) is 18.0 Å². The smallest absolute Gasteiger partial charge is 0.377 e. The molecule has 1 N–H and O–H groups in total. The van der Waals surface area contributed by atoms with Crippen molar-refractivity contribution in [1.29, 1.82) is 0 Å². The van der Waals surface area contributed by atoms with E-state index >= 15 is 0 Å². The van der Waals surface area contributed by atoms with Gasteiger partial charge in [0.15, 0.2) is 0 Å². The molecule has 1 aromatic carbocycles. The summed E-state index contributed by atoms with van der Waals surface area (Å²) in [6.45, 7) is 4.18. The van der Waals surface area contributed by atoms with Crippen molar-refractivity contribution in [2.75, 3.05) is 44.6 Å². The highest BCUT2D eigenvalue weighted by atomic mass is 35.5. The lowest BCUT2D eigenvalue weighted by Crippen LogP contribution is -2.51. The first-order chi connectivity index (χ1) is 12.3. The van der Waals surface area contributed by atoms with Gasteiger partial charge in [0.05, 0.1) is 16.7 Å². The third-order valence-electron chi connectivity index (χ3n) is 4.67. The van der Waals surface area contributed by atoms with E-state index in [0.29, 0.717) is 13.1 Å². The van der Waals surface area contributed by atoms with Crippen LogP contribution in [-0.2, 0) is 10.9 Å². The zero-order valence-electron chi connectivity index (χ0n) is 14.2. The Hall–Kier alpha value is -1.51. The van der Waals surface area contributed by atoms with E-state index in [0.717, 1.165) is 51.2 Å². The van der Waals surface area contributed by atoms with Crippen LogP contribution in [0, 0.1) is 0 Å². The number of hydrogen-bond acceptors (Lipinski definition) is 3. The molecule has 0 saturated carbocycles. The highest BCUT2D eigenvalue weighted by Crippen LogP contribution is 2.36. The van der Waals surface area contributed by atoms with Crippen molar-refractivity contribution in [3.8, 4) is 0 Å². The molecule has 0 bridgehead atoms. The standard InChI is InChI=1S/C17H21ClF3N3O2/c18-15-4-3-12(10-14(15)17(19,20)21)22-16(25)24-7-5-23(6-8-24)11-13-2-1-9-26-13/h3-4,10,13H,1-2,5-9,11H2,(H,22,25). The SMILES string of the molecule is O=C(Nc1ccc(Cl)c(C(F)(F)F)c1)N1CCN(CC2CCCO2)CC1. The van der Waals surface area contributed by atoms with Gasteiger partial charge in [-0.05, 0) is 31.0 Å². The van der Waals surface area contributed by atoms with E-state index in [-0.39, 0.29) is 11.8 Å². The van der Waals surface area contributed by atoms with Crippen LogP contribution in [0.2, 0.25) is 5.02 Å². The van der Waals surface area contributed by atoms with Crippen molar-refractivity contribution in [1.82, 2.24) is 9.80 Å². The average molecular weight is 392 g/mol. The third kappa shape index (κ3) is 4.81. The maximum absolute atomic E-state index is 12.9. The summed E-state index contributed by atoms with van der Waals surface area (Å²) < 4.78 is 44.3. The van der Waals surface area contributed by atoms with E-state index in [4.69, 9.17) is 16.3 Å². The first-order valence-electron chi connectivity index (χ1n) is 8.59. The molecule has 2 fully saturated rings. The van der Waals surface area contributed by atoms with Crippen LogP contribution < -0.4 is 5.32 Å². The highest BCUT2D eigenvalue weighted by molar-refractivity contribution is 6.31. The fourth-order valence-electron chi connectivity index (χ4n) is 3.23. The molecule has 2 heterocycles. The molecule has 1 unspecified atom stereocenters. The van der Waals surface area contributed by atoms with Crippen LogP contribution in [-0.4, -0.2) is 61.3 Å². The molecular formula is C17H21ClF3N3O2. The minimum Gasteiger partial charge on any atom is -0.377 e. The Labute approximate surface area is 155 Å². The lowest BCUT2D eigenvalue weighted by atomic mass is 10.2. The van der Waals surface area contributed by atoms with E-state index < -0.39 is 22.8 Å². The Kier molecular flexibility index (Phi) is 5.94. The van der Waals surface area contributed by atoms with Gasteiger partial charge in [-0.1, -0.05) is 11.6 Å². The Morgan fingerprint density at radius 2 is 2.00 bits per heavy atom. The summed E-state index contributed by atoms with van der Waals surface area (Å²) in [6.07, 6.45) is -2.14. The zero-order valence-corrected chi connectivity index (χ0v) is 14.9. The number of hydrogen-bond donors (Lipinski definition) is 1. The van der Waals surface area contributed by atoms with Gasteiger partial charge >= 0.3 is 12.2 Å². The summed E-state index contributed by atoms with van der Waals surface area (Å²) in [4.78, 5) is 16.2. The van der Waals surface area contributed by atoms with Crippen LogP contribution in [0.1, 0.15) is 18.4 Å². The van der Waals surface area contributed by atoms with Crippen molar-refractivity contribution in [3.63, 3.8) is 0 Å². The summed E-state index contributed by atoms with van der Waals surface area (Å²) in [5.74, 6) is 0. The number of nitrogens with one attached hydrogen (secondary N) is 1. The topological polar surface area (TPSA) is 44.8 Å². The molecule has 5 nitrogen and oxygen atoms in total. The van der Waals surface area contributed by atoms with Crippen molar-refractivity contribution in [3.05, 3.63) is 28.8 Å². The third-order valence-corrected chi connectivity index (χ3v) is 5.00. The largest absolute Gasteiger partial charge is 0.417 e. The van der Waals surface area contributed by atoms with Crippen LogP contribution in [0.25, 0.3) is 0 Å². The number of carbonyl (C=O) groups is 1. The second kappa shape index (κ2) is 8.02. The Morgan fingerprint density at radius 1 is 1.27 bits per heavy atom. The number of anilines is 1. The normalized spacial score (nSPS) is 21.8. The molecule has 3 rings (SSSR count). The van der Waals surface area contributed by atoms with Gasteiger partial charge in [-0.15, -0.1) is 0 Å². The van der Waals surface area contributed by atoms with E-state index in [2.05, 4.69) is 10.2 Å². The number of piperazine rings is 1. The van der Waals surface area contributed by atoms with Crippen molar-refractivity contribution >= 4 is 23.3 Å². The Balaban J connectivity index is 1.53. The van der Waals surface area contributed by atoms with Gasteiger partial charge in [-0.2, -0.15) is 13.2 Å². The molecule has 0 aliphatic carbocycles. The molecule has 0 radical (unpaired) electrons. The lowest BCUT2D eigenvalue weighted by molar-refractivity contribution is -0.137. The number of benzene rings is 1. The molecule has 0 spiro atoms. The Bertz CT molecular complexity index is 643. The maximum Gasteiger partial charge on any atom is 0.417 e. The van der Waals surface area contributed by atoms with Gasteiger partial charge in [0.2, 0.25) is 0 Å². The molecule has 144 valence electrons. The fourth-order valence-corrected chi connectivity index (χ4v) is 3.46. The second-order valence-electron chi connectivity index (χ2n) is 6.55. The quantitative estimate of drug-likeness (QED) is 0.854. The van der Waals surface area contributed by atoms with Crippen LogP contribution in [0.3, 0.4) is 0 Å². The van der Waals surface area contributed by atoms with Gasteiger partial charge in [-0.3, -0.25) is 4.90 Å². The molecule has 2 aliphatic rings.